The van der Waals surface area contributed by atoms with Gasteiger partial charge in [-0.05, 0) is 125 Å². The number of carbonyl (C=O) groups is 2. The quantitative estimate of drug-likeness (QED) is 0.302. The maximum Gasteiger partial charge on any atom is 0.229 e. The molecule has 0 saturated heterocycles. The van der Waals surface area contributed by atoms with E-state index in [0.717, 1.165) is 55.8 Å². The standard InChI is InChI=1S/C40H66N2O2/c1-27-9-5-13-33(17-27)41(34-14-6-10-28(2)18-34)37(43)39-22-31-21-32(23-39)25-40(24-31,26-39)38(44)42(35-15-7-11-29(3)19-35)36-16-8-12-30(4)20-36/h27-36H,5-26H2,1-4H3. The molecule has 44 heavy (non-hydrogen) atoms. The fourth-order valence-corrected chi connectivity index (χ4v) is 13.2. The van der Waals surface area contributed by atoms with E-state index < -0.39 is 0 Å². The van der Waals surface area contributed by atoms with Gasteiger partial charge < -0.3 is 9.80 Å². The number of carbonyl (C=O) groups excluding carboxylic acids is 2. The van der Waals surface area contributed by atoms with Gasteiger partial charge in [-0.15, -0.1) is 0 Å². The van der Waals surface area contributed by atoms with Gasteiger partial charge in [0.1, 0.15) is 0 Å². The van der Waals surface area contributed by atoms with Crippen molar-refractivity contribution in [2.45, 2.75) is 193 Å². The van der Waals surface area contributed by atoms with Crippen LogP contribution in [-0.2, 0) is 9.59 Å². The monoisotopic (exact) mass is 607 g/mol. The molecule has 8 aliphatic rings. The minimum absolute atomic E-state index is 0.285. The molecule has 0 aromatic heterocycles. The van der Waals surface area contributed by atoms with Crippen molar-refractivity contribution >= 4 is 11.8 Å². The molecule has 8 aliphatic carbocycles. The molecule has 0 radical (unpaired) electrons. The first-order valence-corrected chi connectivity index (χ1v) is 19.8. The molecule has 2 amide bonds. The maximum absolute atomic E-state index is 15.4. The average Bonchev–Trinajstić information content (AvgIpc) is 2.97. The van der Waals surface area contributed by atoms with Crippen molar-refractivity contribution in [1.29, 1.82) is 0 Å². The molecule has 4 nitrogen and oxygen atoms in total. The fourth-order valence-electron chi connectivity index (χ4n) is 13.2. The molecule has 0 N–H and O–H groups in total. The van der Waals surface area contributed by atoms with Crippen LogP contribution in [0.4, 0.5) is 0 Å². The third kappa shape index (κ3) is 5.93. The number of rotatable bonds is 6. The van der Waals surface area contributed by atoms with E-state index in [2.05, 4.69) is 37.5 Å². The van der Waals surface area contributed by atoms with Gasteiger partial charge in [0.25, 0.3) is 0 Å². The second kappa shape index (κ2) is 12.5. The molecule has 4 heteroatoms. The molecule has 8 atom stereocenters. The van der Waals surface area contributed by atoms with Crippen molar-refractivity contribution in [2.24, 2.45) is 46.3 Å². The van der Waals surface area contributed by atoms with E-state index >= 15 is 9.59 Å². The van der Waals surface area contributed by atoms with Crippen LogP contribution in [0.1, 0.15) is 169 Å². The lowest BCUT2D eigenvalue weighted by Crippen LogP contribution is -2.65. The van der Waals surface area contributed by atoms with Crippen LogP contribution in [-0.4, -0.2) is 45.8 Å². The Bertz CT molecular complexity index is 918. The summed E-state index contributed by atoms with van der Waals surface area (Å²) in [5.74, 6) is 5.06. The van der Waals surface area contributed by atoms with Crippen LogP contribution in [0.25, 0.3) is 0 Å². The molecule has 0 aromatic carbocycles. The summed E-state index contributed by atoms with van der Waals surface area (Å²) in [5, 5.41) is 0. The molecular formula is C40H66N2O2. The summed E-state index contributed by atoms with van der Waals surface area (Å²) in [6, 6.07) is 1.69. The van der Waals surface area contributed by atoms with Crippen molar-refractivity contribution < 1.29 is 9.59 Å². The Morgan fingerprint density at radius 3 is 1.02 bits per heavy atom. The van der Waals surface area contributed by atoms with Crippen molar-refractivity contribution in [3.05, 3.63) is 0 Å². The number of hydrogen-bond acceptors (Lipinski definition) is 2. The number of hydrogen-bond donors (Lipinski definition) is 0. The van der Waals surface area contributed by atoms with E-state index in [1.54, 1.807) is 0 Å². The summed E-state index contributed by atoms with van der Waals surface area (Å²) < 4.78 is 0. The molecule has 4 bridgehead atoms. The van der Waals surface area contributed by atoms with Crippen molar-refractivity contribution in [2.75, 3.05) is 0 Å². The summed E-state index contributed by atoms with van der Waals surface area (Å²) in [4.78, 5) is 36.0. The highest BCUT2D eigenvalue weighted by Gasteiger charge is 2.65. The topological polar surface area (TPSA) is 40.6 Å². The molecule has 0 aliphatic heterocycles. The predicted molar refractivity (Wildman–Crippen MR) is 179 cm³/mol. The van der Waals surface area contributed by atoms with E-state index in [9.17, 15) is 0 Å². The Balaban J connectivity index is 1.21. The molecular weight excluding hydrogens is 540 g/mol. The second-order valence-electron chi connectivity index (χ2n) is 18.6. The van der Waals surface area contributed by atoms with Gasteiger partial charge in [-0.2, -0.15) is 0 Å². The van der Waals surface area contributed by atoms with Crippen molar-refractivity contribution in [3.8, 4) is 0 Å². The van der Waals surface area contributed by atoms with Gasteiger partial charge in [0.05, 0.1) is 10.8 Å². The highest BCUT2D eigenvalue weighted by Crippen LogP contribution is 2.67. The molecule has 248 valence electrons. The van der Waals surface area contributed by atoms with Gasteiger partial charge in [-0.3, -0.25) is 9.59 Å². The zero-order valence-electron chi connectivity index (χ0n) is 29.0. The largest absolute Gasteiger partial charge is 0.336 e. The third-order valence-electron chi connectivity index (χ3n) is 14.6. The van der Waals surface area contributed by atoms with Crippen LogP contribution >= 0.6 is 0 Å². The lowest BCUT2D eigenvalue weighted by Gasteiger charge is -2.63. The molecule has 0 spiro atoms. The Labute approximate surface area is 270 Å². The first-order valence-electron chi connectivity index (χ1n) is 19.8. The van der Waals surface area contributed by atoms with Gasteiger partial charge in [0, 0.05) is 24.2 Å². The van der Waals surface area contributed by atoms with E-state index in [4.69, 9.17) is 0 Å². The first-order chi connectivity index (χ1) is 21.1. The summed E-state index contributed by atoms with van der Waals surface area (Å²) in [6.45, 7) is 9.68. The van der Waals surface area contributed by atoms with Crippen LogP contribution < -0.4 is 0 Å². The fraction of sp³-hybridized carbons (Fsp3) is 0.950. The second-order valence-corrected chi connectivity index (χ2v) is 18.6. The van der Waals surface area contributed by atoms with Crippen LogP contribution in [0.2, 0.25) is 0 Å². The Morgan fingerprint density at radius 1 is 0.455 bits per heavy atom. The Kier molecular flexibility index (Phi) is 8.97. The van der Waals surface area contributed by atoms with E-state index in [1.165, 1.54) is 109 Å². The molecule has 8 fully saturated rings. The van der Waals surface area contributed by atoms with Gasteiger partial charge in [-0.25, -0.2) is 0 Å². The summed E-state index contributed by atoms with van der Waals surface area (Å²) in [7, 11) is 0. The summed E-state index contributed by atoms with van der Waals surface area (Å²) >= 11 is 0. The number of amides is 2. The predicted octanol–water partition coefficient (Wildman–Crippen LogP) is 9.55. The molecule has 0 aromatic rings. The van der Waals surface area contributed by atoms with Crippen LogP contribution in [0, 0.1) is 46.3 Å². The lowest BCUT2D eigenvalue weighted by molar-refractivity contribution is -0.187. The SMILES string of the molecule is CC1CCCC(N(C(=O)C23CC4CC(C2)CC(C(=O)N(C2CCCC(C)C2)C2CCCC(C)C2)(C4)C3)C2CCCC(C)C2)C1. The highest BCUT2D eigenvalue weighted by atomic mass is 16.2. The van der Waals surface area contributed by atoms with Crippen molar-refractivity contribution in [1.82, 2.24) is 9.80 Å². The normalized spacial score (nSPS) is 47.3. The van der Waals surface area contributed by atoms with E-state index in [1.807, 2.05) is 0 Å². The molecule has 8 unspecified atom stereocenters. The van der Waals surface area contributed by atoms with Gasteiger partial charge >= 0.3 is 0 Å². The maximum atomic E-state index is 15.4. The lowest BCUT2D eigenvalue weighted by atomic mass is 9.43. The zero-order valence-corrected chi connectivity index (χ0v) is 29.0. The first kappa shape index (κ1) is 31.5. The smallest absolute Gasteiger partial charge is 0.229 e. The average molecular weight is 607 g/mol. The van der Waals surface area contributed by atoms with Gasteiger partial charge in [0.2, 0.25) is 11.8 Å². The minimum atomic E-state index is -0.285. The Morgan fingerprint density at radius 2 is 0.750 bits per heavy atom. The molecule has 0 heterocycles. The van der Waals surface area contributed by atoms with Gasteiger partial charge in [0.15, 0.2) is 0 Å². The Hall–Kier alpha value is -1.06. The zero-order chi connectivity index (χ0) is 30.6. The summed E-state index contributed by atoms with van der Waals surface area (Å²) in [5.41, 5.74) is -0.570. The summed E-state index contributed by atoms with van der Waals surface area (Å²) in [6.07, 6.45) is 26.3. The van der Waals surface area contributed by atoms with Crippen molar-refractivity contribution in [3.63, 3.8) is 0 Å². The minimum Gasteiger partial charge on any atom is -0.336 e. The van der Waals surface area contributed by atoms with E-state index in [0.29, 0.717) is 47.8 Å². The molecule has 8 saturated carbocycles. The number of nitrogens with zero attached hydrogens (tertiary/aromatic N) is 2. The molecule has 8 rings (SSSR count). The van der Waals surface area contributed by atoms with Crippen LogP contribution in [0.5, 0.6) is 0 Å². The van der Waals surface area contributed by atoms with Crippen LogP contribution in [0.3, 0.4) is 0 Å². The van der Waals surface area contributed by atoms with Crippen LogP contribution in [0.15, 0.2) is 0 Å². The third-order valence-corrected chi connectivity index (χ3v) is 14.6. The van der Waals surface area contributed by atoms with Gasteiger partial charge in [-0.1, -0.05) is 79.1 Å². The van der Waals surface area contributed by atoms with E-state index in [-0.39, 0.29) is 10.8 Å². The highest BCUT2D eigenvalue weighted by molar-refractivity contribution is 5.89.